The molecule has 0 saturated carbocycles. The van der Waals surface area contributed by atoms with Crippen molar-refractivity contribution in [2.75, 3.05) is 34.7 Å². The molecule has 1 rings (SSSR count). The van der Waals surface area contributed by atoms with Crippen LogP contribution < -0.4 is 5.32 Å². The van der Waals surface area contributed by atoms with Crippen molar-refractivity contribution in [3.8, 4) is 0 Å². The third-order valence-corrected chi connectivity index (χ3v) is 3.84. The average molecular weight is 345 g/mol. The molecule has 1 amide bonds. The highest BCUT2D eigenvalue weighted by Gasteiger charge is 2.09. The molecule has 0 aliphatic rings. The minimum atomic E-state index is 0.0788. The maximum absolute atomic E-state index is 11.5. The van der Waals surface area contributed by atoms with Crippen LogP contribution in [0.5, 0.6) is 0 Å². The number of aliphatic imine (C=N–C) groups is 1. The first-order valence-corrected chi connectivity index (χ1v) is 7.66. The van der Waals surface area contributed by atoms with Gasteiger partial charge in [0.25, 0.3) is 0 Å². The van der Waals surface area contributed by atoms with Crippen LogP contribution in [0.4, 0.5) is 0 Å². The number of nitrogens with one attached hydrogen (secondary N) is 1. The molecular weight excluding hydrogens is 323 g/mol. The maximum atomic E-state index is 11.5. The predicted octanol–water partition coefficient (Wildman–Crippen LogP) is 2.48. The van der Waals surface area contributed by atoms with Gasteiger partial charge in [0, 0.05) is 47.7 Å². The van der Waals surface area contributed by atoms with Gasteiger partial charge in [-0.2, -0.15) is 0 Å². The zero-order valence-corrected chi connectivity index (χ0v) is 14.9. The van der Waals surface area contributed by atoms with E-state index in [1.165, 1.54) is 0 Å². The summed E-state index contributed by atoms with van der Waals surface area (Å²) in [4.78, 5) is 19.3. The SMILES string of the molecule is CN=C(NCCC(=O)N(C)C)N(C)Cc1ccc(Cl)c(Cl)c1. The minimum Gasteiger partial charge on any atom is -0.356 e. The van der Waals surface area contributed by atoms with Gasteiger partial charge in [-0.15, -0.1) is 0 Å². The van der Waals surface area contributed by atoms with Crippen LogP contribution in [-0.2, 0) is 11.3 Å². The summed E-state index contributed by atoms with van der Waals surface area (Å²) in [6.07, 6.45) is 0.423. The summed E-state index contributed by atoms with van der Waals surface area (Å²) in [5.74, 6) is 0.799. The fourth-order valence-corrected chi connectivity index (χ4v) is 2.20. The van der Waals surface area contributed by atoms with Crippen molar-refractivity contribution >= 4 is 35.1 Å². The number of nitrogens with zero attached hydrogens (tertiary/aromatic N) is 3. The number of hydrogen-bond donors (Lipinski definition) is 1. The van der Waals surface area contributed by atoms with Crippen molar-refractivity contribution in [2.24, 2.45) is 4.99 Å². The Morgan fingerprint density at radius 3 is 2.45 bits per heavy atom. The molecular formula is C15H22Cl2N4O. The molecule has 0 spiro atoms. The fourth-order valence-electron chi connectivity index (χ4n) is 1.88. The molecule has 0 bridgehead atoms. The van der Waals surface area contributed by atoms with E-state index < -0.39 is 0 Å². The van der Waals surface area contributed by atoms with Crippen molar-refractivity contribution in [3.05, 3.63) is 33.8 Å². The Balaban J connectivity index is 2.55. The summed E-state index contributed by atoms with van der Waals surface area (Å²) in [6, 6.07) is 5.54. The van der Waals surface area contributed by atoms with Gasteiger partial charge in [-0.1, -0.05) is 29.3 Å². The van der Waals surface area contributed by atoms with Crippen LogP contribution in [-0.4, -0.2) is 56.4 Å². The van der Waals surface area contributed by atoms with E-state index in [0.717, 1.165) is 11.5 Å². The number of hydrogen-bond acceptors (Lipinski definition) is 2. The third kappa shape index (κ3) is 5.73. The molecule has 0 heterocycles. The first-order valence-electron chi connectivity index (χ1n) is 6.91. The van der Waals surface area contributed by atoms with E-state index >= 15 is 0 Å². The number of carbonyl (C=O) groups excluding carboxylic acids is 1. The minimum absolute atomic E-state index is 0.0788. The molecule has 7 heteroatoms. The molecule has 122 valence electrons. The molecule has 0 fully saturated rings. The summed E-state index contributed by atoms with van der Waals surface area (Å²) in [5.41, 5.74) is 1.03. The van der Waals surface area contributed by atoms with Crippen molar-refractivity contribution in [3.63, 3.8) is 0 Å². The highest BCUT2D eigenvalue weighted by atomic mass is 35.5. The Labute approximate surface area is 141 Å². The van der Waals surface area contributed by atoms with Crippen LogP contribution in [0, 0.1) is 0 Å². The van der Waals surface area contributed by atoms with Gasteiger partial charge in [0.05, 0.1) is 10.0 Å². The van der Waals surface area contributed by atoms with E-state index in [9.17, 15) is 4.79 Å². The molecule has 5 nitrogen and oxygen atoms in total. The molecule has 22 heavy (non-hydrogen) atoms. The van der Waals surface area contributed by atoms with Crippen LogP contribution in [0.3, 0.4) is 0 Å². The largest absolute Gasteiger partial charge is 0.356 e. The lowest BCUT2D eigenvalue weighted by Crippen LogP contribution is -2.40. The fraction of sp³-hybridized carbons (Fsp3) is 0.467. The van der Waals surface area contributed by atoms with Gasteiger partial charge in [0.15, 0.2) is 5.96 Å². The normalized spacial score (nSPS) is 11.3. The van der Waals surface area contributed by atoms with E-state index in [1.54, 1.807) is 32.1 Å². The average Bonchev–Trinajstić information content (AvgIpc) is 2.47. The third-order valence-electron chi connectivity index (χ3n) is 3.10. The number of halogens is 2. The zero-order valence-electron chi connectivity index (χ0n) is 13.4. The Morgan fingerprint density at radius 1 is 1.23 bits per heavy atom. The molecule has 0 atom stereocenters. The molecule has 1 aromatic carbocycles. The van der Waals surface area contributed by atoms with Gasteiger partial charge < -0.3 is 15.1 Å². The monoisotopic (exact) mass is 344 g/mol. The number of amides is 1. The summed E-state index contributed by atoms with van der Waals surface area (Å²) >= 11 is 11.9. The predicted molar refractivity (Wildman–Crippen MR) is 92.6 cm³/mol. The molecule has 0 saturated heterocycles. The highest BCUT2D eigenvalue weighted by molar-refractivity contribution is 6.42. The Kier molecular flexibility index (Phi) is 7.48. The van der Waals surface area contributed by atoms with Gasteiger partial charge in [-0.05, 0) is 17.7 Å². The summed E-state index contributed by atoms with van der Waals surface area (Å²) < 4.78 is 0. The van der Waals surface area contributed by atoms with Crippen LogP contribution in [0.15, 0.2) is 23.2 Å². The van der Waals surface area contributed by atoms with Gasteiger partial charge in [0.2, 0.25) is 5.91 Å². The van der Waals surface area contributed by atoms with Crippen molar-refractivity contribution in [1.29, 1.82) is 0 Å². The standard InChI is InChI=1S/C15H22Cl2N4O/c1-18-15(19-8-7-14(22)20(2)3)21(4)10-11-5-6-12(16)13(17)9-11/h5-6,9H,7-8,10H2,1-4H3,(H,18,19). The van der Waals surface area contributed by atoms with Gasteiger partial charge in [-0.3, -0.25) is 9.79 Å². The Bertz CT molecular complexity index is 546. The number of benzene rings is 1. The van der Waals surface area contributed by atoms with Gasteiger partial charge in [-0.25, -0.2) is 0 Å². The van der Waals surface area contributed by atoms with Crippen molar-refractivity contribution in [2.45, 2.75) is 13.0 Å². The molecule has 1 aromatic rings. The zero-order chi connectivity index (χ0) is 16.7. The smallest absolute Gasteiger partial charge is 0.223 e. The van der Waals surface area contributed by atoms with E-state index in [2.05, 4.69) is 10.3 Å². The van der Waals surface area contributed by atoms with E-state index in [0.29, 0.717) is 29.6 Å². The lowest BCUT2D eigenvalue weighted by molar-refractivity contribution is -0.128. The van der Waals surface area contributed by atoms with E-state index in [-0.39, 0.29) is 5.91 Å². The second kappa shape index (κ2) is 8.86. The Hall–Kier alpha value is -1.46. The molecule has 0 aromatic heterocycles. The van der Waals surface area contributed by atoms with E-state index in [4.69, 9.17) is 23.2 Å². The molecule has 1 N–H and O–H groups in total. The Morgan fingerprint density at radius 2 is 1.91 bits per heavy atom. The topological polar surface area (TPSA) is 47.9 Å². The molecule has 0 radical (unpaired) electrons. The first kappa shape index (κ1) is 18.6. The van der Waals surface area contributed by atoms with Crippen LogP contribution in [0.2, 0.25) is 10.0 Å². The van der Waals surface area contributed by atoms with Crippen molar-refractivity contribution < 1.29 is 4.79 Å². The quantitative estimate of drug-likeness (QED) is 0.659. The molecule has 0 aliphatic heterocycles. The molecule has 0 unspecified atom stereocenters. The van der Waals surface area contributed by atoms with Gasteiger partial charge in [0.1, 0.15) is 0 Å². The number of guanidine groups is 1. The summed E-state index contributed by atoms with van der Waals surface area (Å²) in [5, 5.41) is 4.24. The van der Waals surface area contributed by atoms with Gasteiger partial charge >= 0.3 is 0 Å². The van der Waals surface area contributed by atoms with Crippen molar-refractivity contribution in [1.82, 2.24) is 15.1 Å². The first-order chi connectivity index (χ1) is 10.3. The number of carbonyl (C=O) groups is 1. The second-order valence-corrected chi connectivity index (χ2v) is 5.93. The van der Waals surface area contributed by atoms with Crippen LogP contribution >= 0.6 is 23.2 Å². The number of rotatable bonds is 5. The molecule has 0 aliphatic carbocycles. The summed E-state index contributed by atoms with van der Waals surface area (Å²) in [6.45, 7) is 1.17. The second-order valence-electron chi connectivity index (χ2n) is 5.12. The van der Waals surface area contributed by atoms with E-state index in [1.807, 2.05) is 24.1 Å². The lowest BCUT2D eigenvalue weighted by Gasteiger charge is -2.22. The lowest BCUT2D eigenvalue weighted by atomic mass is 10.2. The van der Waals surface area contributed by atoms with Crippen LogP contribution in [0.1, 0.15) is 12.0 Å². The summed E-state index contributed by atoms with van der Waals surface area (Å²) in [7, 11) is 7.12. The maximum Gasteiger partial charge on any atom is 0.223 e. The van der Waals surface area contributed by atoms with Crippen LogP contribution in [0.25, 0.3) is 0 Å². The highest BCUT2D eigenvalue weighted by Crippen LogP contribution is 2.23.